The largest absolute Gasteiger partial charge is 0.315 e. The molecule has 0 aliphatic heterocycles. The van der Waals surface area contributed by atoms with Crippen LogP contribution in [0.1, 0.15) is 52.9 Å². The first-order valence-electron chi connectivity index (χ1n) is 7.14. The fourth-order valence-corrected chi connectivity index (χ4v) is 2.97. The van der Waals surface area contributed by atoms with Crippen LogP contribution in [-0.2, 0) is 0 Å². The molecule has 0 radical (unpaired) electrons. The standard InChI is InChI=1S/C14H30N2/c1-5-12(3)16(6-2)11-14(15-4)13-9-7-8-10-13/h12-15H,5-11H2,1-4H3. The Hall–Kier alpha value is -0.0800. The van der Waals surface area contributed by atoms with Gasteiger partial charge in [0.1, 0.15) is 0 Å². The quantitative estimate of drug-likeness (QED) is 0.718. The van der Waals surface area contributed by atoms with E-state index in [4.69, 9.17) is 0 Å². The molecule has 1 aliphatic carbocycles. The summed E-state index contributed by atoms with van der Waals surface area (Å²) in [5, 5.41) is 3.55. The smallest absolute Gasteiger partial charge is 0.0220 e. The maximum absolute atomic E-state index is 3.55. The van der Waals surface area contributed by atoms with Gasteiger partial charge in [-0.3, -0.25) is 4.90 Å². The van der Waals surface area contributed by atoms with Crippen LogP contribution in [0.2, 0.25) is 0 Å². The summed E-state index contributed by atoms with van der Waals surface area (Å²) >= 11 is 0. The van der Waals surface area contributed by atoms with Gasteiger partial charge in [0.15, 0.2) is 0 Å². The summed E-state index contributed by atoms with van der Waals surface area (Å²) in [4.78, 5) is 2.62. The molecule has 2 unspecified atom stereocenters. The molecule has 0 aromatic heterocycles. The average molecular weight is 226 g/mol. The van der Waals surface area contributed by atoms with Crippen LogP contribution in [0.5, 0.6) is 0 Å². The molecule has 0 heterocycles. The Bertz CT molecular complexity index is 176. The van der Waals surface area contributed by atoms with E-state index in [1.165, 1.54) is 45.2 Å². The molecule has 0 saturated heterocycles. The van der Waals surface area contributed by atoms with Gasteiger partial charge in [0.2, 0.25) is 0 Å². The van der Waals surface area contributed by atoms with E-state index < -0.39 is 0 Å². The van der Waals surface area contributed by atoms with Crippen molar-refractivity contribution < 1.29 is 0 Å². The van der Waals surface area contributed by atoms with Crippen molar-refractivity contribution in [3.63, 3.8) is 0 Å². The number of nitrogens with one attached hydrogen (secondary N) is 1. The Morgan fingerprint density at radius 2 is 1.88 bits per heavy atom. The molecule has 1 fully saturated rings. The molecule has 1 aliphatic rings. The summed E-state index contributed by atoms with van der Waals surface area (Å²) < 4.78 is 0. The van der Waals surface area contributed by atoms with Crippen molar-refractivity contribution in [1.82, 2.24) is 10.2 Å². The molecular weight excluding hydrogens is 196 g/mol. The normalized spacial score (nSPS) is 21.6. The van der Waals surface area contributed by atoms with Crippen molar-refractivity contribution in [2.24, 2.45) is 5.92 Å². The third-order valence-electron chi connectivity index (χ3n) is 4.39. The van der Waals surface area contributed by atoms with Crippen LogP contribution in [0.3, 0.4) is 0 Å². The summed E-state index contributed by atoms with van der Waals surface area (Å²) in [6, 6.07) is 1.43. The van der Waals surface area contributed by atoms with E-state index >= 15 is 0 Å². The molecule has 2 nitrogen and oxygen atoms in total. The second-order valence-corrected chi connectivity index (χ2v) is 5.28. The summed E-state index contributed by atoms with van der Waals surface area (Å²) in [7, 11) is 2.13. The van der Waals surface area contributed by atoms with E-state index in [0.29, 0.717) is 6.04 Å². The summed E-state index contributed by atoms with van der Waals surface area (Å²) in [6.45, 7) is 9.34. The van der Waals surface area contributed by atoms with Gasteiger partial charge in [-0.1, -0.05) is 26.7 Å². The average Bonchev–Trinajstić information content (AvgIpc) is 2.83. The number of rotatable bonds is 7. The molecule has 0 aromatic carbocycles. The van der Waals surface area contributed by atoms with Gasteiger partial charge >= 0.3 is 0 Å². The lowest BCUT2D eigenvalue weighted by Gasteiger charge is -2.33. The SMILES string of the molecule is CCC(C)N(CC)CC(NC)C1CCCC1. The Labute approximate surface area is 102 Å². The summed E-state index contributed by atoms with van der Waals surface area (Å²) in [5.74, 6) is 0.920. The number of hydrogen-bond acceptors (Lipinski definition) is 2. The van der Waals surface area contributed by atoms with Gasteiger partial charge in [-0.05, 0) is 45.7 Å². The fourth-order valence-electron chi connectivity index (χ4n) is 2.97. The molecule has 1 rings (SSSR count). The lowest BCUT2D eigenvalue weighted by atomic mass is 9.97. The molecule has 2 heteroatoms. The van der Waals surface area contributed by atoms with Crippen LogP contribution >= 0.6 is 0 Å². The maximum Gasteiger partial charge on any atom is 0.0220 e. The summed E-state index contributed by atoms with van der Waals surface area (Å²) in [6.07, 6.45) is 7.01. The molecule has 0 bridgehead atoms. The van der Waals surface area contributed by atoms with Crippen LogP contribution in [0.4, 0.5) is 0 Å². The maximum atomic E-state index is 3.55. The molecule has 0 aromatic rings. The summed E-state index contributed by atoms with van der Waals surface area (Å²) in [5.41, 5.74) is 0. The zero-order valence-electron chi connectivity index (χ0n) is 11.6. The van der Waals surface area contributed by atoms with Gasteiger partial charge in [-0.15, -0.1) is 0 Å². The topological polar surface area (TPSA) is 15.3 Å². The van der Waals surface area contributed by atoms with Crippen molar-refractivity contribution in [3.05, 3.63) is 0 Å². The van der Waals surface area contributed by atoms with Gasteiger partial charge in [-0.25, -0.2) is 0 Å². The number of nitrogens with zero attached hydrogens (tertiary/aromatic N) is 1. The number of likely N-dealkylation sites (N-methyl/N-ethyl adjacent to an activating group) is 2. The van der Waals surface area contributed by atoms with Crippen LogP contribution < -0.4 is 5.32 Å². The van der Waals surface area contributed by atoms with E-state index in [-0.39, 0.29) is 0 Å². The Morgan fingerprint density at radius 3 is 2.31 bits per heavy atom. The minimum absolute atomic E-state index is 0.705. The van der Waals surface area contributed by atoms with Gasteiger partial charge in [-0.2, -0.15) is 0 Å². The fraction of sp³-hybridized carbons (Fsp3) is 1.00. The second-order valence-electron chi connectivity index (χ2n) is 5.28. The van der Waals surface area contributed by atoms with E-state index in [1.54, 1.807) is 0 Å². The van der Waals surface area contributed by atoms with Crippen molar-refractivity contribution >= 4 is 0 Å². The Morgan fingerprint density at radius 1 is 1.25 bits per heavy atom. The van der Waals surface area contributed by atoms with Gasteiger partial charge in [0, 0.05) is 18.6 Å². The third-order valence-corrected chi connectivity index (χ3v) is 4.39. The van der Waals surface area contributed by atoms with Crippen LogP contribution in [0.25, 0.3) is 0 Å². The van der Waals surface area contributed by atoms with Gasteiger partial charge < -0.3 is 5.32 Å². The molecule has 96 valence electrons. The molecule has 2 atom stereocenters. The molecule has 1 N–H and O–H groups in total. The highest BCUT2D eigenvalue weighted by Crippen LogP contribution is 2.28. The lowest BCUT2D eigenvalue weighted by Crippen LogP contribution is -2.46. The van der Waals surface area contributed by atoms with Gasteiger partial charge in [0.05, 0.1) is 0 Å². The van der Waals surface area contributed by atoms with E-state index in [9.17, 15) is 0 Å². The van der Waals surface area contributed by atoms with Crippen molar-refractivity contribution in [2.75, 3.05) is 20.1 Å². The van der Waals surface area contributed by atoms with Crippen molar-refractivity contribution in [3.8, 4) is 0 Å². The first-order valence-corrected chi connectivity index (χ1v) is 7.14. The molecule has 0 spiro atoms. The monoisotopic (exact) mass is 226 g/mol. The predicted octanol–water partition coefficient (Wildman–Crippen LogP) is 2.89. The highest BCUT2D eigenvalue weighted by atomic mass is 15.2. The molecule has 16 heavy (non-hydrogen) atoms. The second kappa shape index (κ2) is 7.29. The zero-order valence-corrected chi connectivity index (χ0v) is 11.6. The van der Waals surface area contributed by atoms with Crippen LogP contribution in [0, 0.1) is 5.92 Å². The first kappa shape index (κ1) is 14.0. The number of hydrogen-bond donors (Lipinski definition) is 1. The van der Waals surface area contributed by atoms with E-state index in [1.807, 2.05) is 0 Å². The van der Waals surface area contributed by atoms with Crippen LogP contribution in [-0.4, -0.2) is 37.1 Å². The van der Waals surface area contributed by atoms with Gasteiger partial charge in [0.25, 0.3) is 0 Å². The van der Waals surface area contributed by atoms with E-state index in [2.05, 4.69) is 38.0 Å². The lowest BCUT2D eigenvalue weighted by molar-refractivity contribution is 0.172. The third kappa shape index (κ3) is 3.74. The van der Waals surface area contributed by atoms with Crippen molar-refractivity contribution in [1.29, 1.82) is 0 Å². The Balaban J connectivity index is 2.46. The minimum Gasteiger partial charge on any atom is -0.315 e. The molecule has 0 amide bonds. The zero-order chi connectivity index (χ0) is 12.0. The van der Waals surface area contributed by atoms with E-state index in [0.717, 1.165) is 12.0 Å². The molecular formula is C14H30N2. The Kier molecular flexibility index (Phi) is 6.37. The van der Waals surface area contributed by atoms with Crippen LogP contribution in [0.15, 0.2) is 0 Å². The first-order chi connectivity index (χ1) is 7.72. The minimum atomic E-state index is 0.705. The highest BCUT2D eigenvalue weighted by molar-refractivity contribution is 4.83. The molecule has 1 saturated carbocycles. The predicted molar refractivity (Wildman–Crippen MR) is 71.8 cm³/mol. The highest BCUT2D eigenvalue weighted by Gasteiger charge is 2.26. The van der Waals surface area contributed by atoms with Crippen molar-refractivity contribution in [2.45, 2.75) is 65.0 Å².